The van der Waals surface area contributed by atoms with Crippen molar-refractivity contribution in [3.8, 4) is 0 Å². The number of nitrogens with one attached hydrogen (secondary N) is 1. The summed E-state index contributed by atoms with van der Waals surface area (Å²) in [5.41, 5.74) is 0. The molecule has 0 rings (SSSR count). The van der Waals surface area contributed by atoms with Crippen LogP contribution in [0.1, 0.15) is 20.3 Å². The van der Waals surface area contributed by atoms with Gasteiger partial charge in [-0.05, 0) is 20.3 Å². The maximum Gasteiger partial charge on any atom is 0.326 e. The van der Waals surface area contributed by atoms with Crippen molar-refractivity contribution in [3.05, 3.63) is 25.3 Å². The molecule has 17 heavy (non-hydrogen) atoms. The molecular formula is C12H20N2O3. The lowest BCUT2D eigenvalue weighted by atomic mass is 10.2. The van der Waals surface area contributed by atoms with Crippen LogP contribution in [0.25, 0.3) is 0 Å². The predicted molar refractivity (Wildman–Crippen MR) is 66.8 cm³/mol. The molecule has 0 aliphatic carbocycles. The Bertz CT molecular complexity index is 300. The average Bonchev–Trinajstić information content (AvgIpc) is 2.24. The Labute approximate surface area is 102 Å². The number of carbonyl (C=O) groups is 2. The van der Waals surface area contributed by atoms with Crippen LogP contribution in [-0.2, 0) is 4.79 Å². The van der Waals surface area contributed by atoms with Crippen LogP contribution in [0.4, 0.5) is 4.79 Å². The highest BCUT2D eigenvalue weighted by Crippen LogP contribution is 2.01. The van der Waals surface area contributed by atoms with E-state index in [1.165, 1.54) is 11.0 Å². The zero-order valence-corrected chi connectivity index (χ0v) is 10.3. The van der Waals surface area contributed by atoms with E-state index in [4.69, 9.17) is 5.11 Å². The molecule has 0 saturated carbocycles. The van der Waals surface area contributed by atoms with Crippen molar-refractivity contribution in [1.29, 1.82) is 0 Å². The normalized spacial score (nSPS) is 11.7. The minimum absolute atomic E-state index is 0.0221. The molecule has 2 amide bonds. The number of carboxylic acids is 1. The molecule has 0 heterocycles. The summed E-state index contributed by atoms with van der Waals surface area (Å²) in [4.78, 5) is 24.2. The lowest BCUT2D eigenvalue weighted by Gasteiger charge is -2.27. The SMILES string of the molecule is C=CCC(NC(=O)N(CC=C)C(C)C)C(=O)O. The number of carbonyl (C=O) groups excluding carboxylic acids is 1. The molecule has 0 saturated heterocycles. The Morgan fingerprint density at radius 3 is 2.29 bits per heavy atom. The van der Waals surface area contributed by atoms with E-state index in [-0.39, 0.29) is 12.5 Å². The van der Waals surface area contributed by atoms with E-state index in [2.05, 4.69) is 18.5 Å². The first kappa shape index (κ1) is 15.2. The van der Waals surface area contributed by atoms with Gasteiger partial charge in [0.05, 0.1) is 0 Å². The van der Waals surface area contributed by atoms with E-state index < -0.39 is 18.0 Å². The number of hydrogen-bond donors (Lipinski definition) is 2. The minimum atomic E-state index is -1.07. The van der Waals surface area contributed by atoms with E-state index in [9.17, 15) is 9.59 Å². The monoisotopic (exact) mass is 240 g/mol. The van der Waals surface area contributed by atoms with Crippen molar-refractivity contribution in [3.63, 3.8) is 0 Å². The molecule has 0 aromatic rings. The fourth-order valence-corrected chi connectivity index (χ4v) is 1.29. The van der Waals surface area contributed by atoms with Gasteiger partial charge >= 0.3 is 12.0 Å². The van der Waals surface area contributed by atoms with Crippen molar-refractivity contribution in [2.45, 2.75) is 32.4 Å². The molecule has 1 atom stereocenters. The first-order valence-electron chi connectivity index (χ1n) is 5.45. The van der Waals surface area contributed by atoms with Crippen molar-refractivity contribution in [2.24, 2.45) is 0 Å². The molecule has 0 bridgehead atoms. The maximum absolute atomic E-state index is 11.8. The van der Waals surface area contributed by atoms with Crippen LogP contribution >= 0.6 is 0 Å². The number of nitrogens with zero attached hydrogens (tertiary/aromatic N) is 1. The molecule has 96 valence electrons. The Morgan fingerprint density at radius 1 is 1.35 bits per heavy atom. The smallest absolute Gasteiger partial charge is 0.326 e. The van der Waals surface area contributed by atoms with Gasteiger partial charge in [-0.25, -0.2) is 9.59 Å². The summed E-state index contributed by atoms with van der Waals surface area (Å²) in [5, 5.41) is 11.4. The summed E-state index contributed by atoms with van der Waals surface area (Å²) < 4.78 is 0. The van der Waals surface area contributed by atoms with Gasteiger partial charge < -0.3 is 15.3 Å². The van der Waals surface area contributed by atoms with Gasteiger partial charge in [-0.3, -0.25) is 0 Å². The van der Waals surface area contributed by atoms with Gasteiger partial charge in [-0.1, -0.05) is 12.2 Å². The molecule has 0 radical (unpaired) electrons. The van der Waals surface area contributed by atoms with Gasteiger partial charge in [0.25, 0.3) is 0 Å². The number of hydrogen-bond acceptors (Lipinski definition) is 2. The second-order valence-electron chi connectivity index (χ2n) is 3.90. The van der Waals surface area contributed by atoms with Crippen LogP contribution in [0.15, 0.2) is 25.3 Å². The lowest BCUT2D eigenvalue weighted by molar-refractivity contribution is -0.139. The van der Waals surface area contributed by atoms with Crippen molar-refractivity contribution >= 4 is 12.0 Å². The first-order valence-corrected chi connectivity index (χ1v) is 5.45. The molecule has 0 aliphatic rings. The van der Waals surface area contributed by atoms with E-state index in [1.807, 2.05) is 13.8 Å². The van der Waals surface area contributed by atoms with Crippen molar-refractivity contribution in [2.75, 3.05) is 6.54 Å². The Balaban J connectivity index is 4.60. The molecule has 0 aromatic carbocycles. The lowest BCUT2D eigenvalue weighted by Crippen LogP contribution is -2.50. The van der Waals surface area contributed by atoms with E-state index in [0.717, 1.165) is 0 Å². The van der Waals surface area contributed by atoms with E-state index in [1.54, 1.807) is 6.08 Å². The highest BCUT2D eigenvalue weighted by atomic mass is 16.4. The number of urea groups is 1. The predicted octanol–water partition coefficient (Wildman–Crippen LogP) is 1.62. The number of rotatable bonds is 7. The van der Waals surface area contributed by atoms with Crippen LogP contribution in [0.3, 0.4) is 0 Å². The molecular weight excluding hydrogens is 220 g/mol. The largest absolute Gasteiger partial charge is 0.480 e. The van der Waals surface area contributed by atoms with Gasteiger partial charge in [-0.2, -0.15) is 0 Å². The molecule has 5 heteroatoms. The van der Waals surface area contributed by atoms with Gasteiger partial charge in [0.15, 0.2) is 0 Å². The third-order valence-electron chi connectivity index (χ3n) is 2.21. The Kier molecular flexibility index (Phi) is 6.70. The summed E-state index contributed by atoms with van der Waals surface area (Å²) in [7, 11) is 0. The maximum atomic E-state index is 11.8. The molecule has 0 fully saturated rings. The summed E-state index contributed by atoms with van der Waals surface area (Å²) in [6, 6.07) is -1.37. The topological polar surface area (TPSA) is 69.6 Å². The van der Waals surface area contributed by atoms with Gasteiger partial charge in [0.2, 0.25) is 0 Å². The van der Waals surface area contributed by atoms with Gasteiger partial charge in [0.1, 0.15) is 6.04 Å². The van der Waals surface area contributed by atoms with Gasteiger partial charge in [0, 0.05) is 12.6 Å². The van der Waals surface area contributed by atoms with Crippen LogP contribution in [0.5, 0.6) is 0 Å². The van der Waals surface area contributed by atoms with Crippen molar-refractivity contribution < 1.29 is 14.7 Å². The number of amides is 2. The number of aliphatic carboxylic acids is 1. The van der Waals surface area contributed by atoms with Gasteiger partial charge in [-0.15, -0.1) is 13.2 Å². The summed E-state index contributed by atoms with van der Waals surface area (Å²) >= 11 is 0. The fraction of sp³-hybridized carbons (Fsp3) is 0.500. The van der Waals surface area contributed by atoms with Crippen LogP contribution in [0.2, 0.25) is 0 Å². The molecule has 5 nitrogen and oxygen atoms in total. The second kappa shape index (κ2) is 7.49. The molecule has 0 aromatic heterocycles. The summed E-state index contributed by atoms with van der Waals surface area (Å²) in [6.07, 6.45) is 3.26. The van der Waals surface area contributed by atoms with E-state index in [0.29, 0.717) is 6.54 Å². The third-order valence-corrected chi connectivity index (χ3v) is 2.21. The van der Waals surface area contributed by atoms with Crippen LogP contribution in [0, 0.1) is 0 Å². The van der Waals surface area contributed by atoms with Crippen LogP contribution in [-0.4, -0.2) is 40.6 Å². The molecule has 1 unspecified atom stereocenters. The van der Waals surface area contributed by atoms with E-state index >= 15 is 0 Å². The molecule has 2 N–H and O–H groups in total. The number of carboxylic acid groups (broad SMARTS) is 1. The zero-order chi connectivity index (χ0) is 13.4. The highest BCUT2D eigenvalue weighted by Gasteiger charge is 2.22. The highest BCUT2D eigenvalue weighted by molar-refractivity contribution is 5.82. The fourth-order valence-electron chi connectivity index (χ4n) is 1.29. The summed E-state index contributed by atoms with van der Waals surface area (Å²) in [6.45, 7) is 11.1. The molecule has 0 spiro atoms. The third kappa shape index (κ3) is 5.19. The van der Waals surface area contributed by atoms with Crippen molar-refractivity contribution in [1.82, 2.24) is 10.2 Å². The second-order valence-corrected chi connectivity index (χ2v) is 3.90. The first-order chi connectivity index (χ1) is 7.93. The van der Waals surface area contributed by atoms with Crippen LogP contribution < -0.4 is 5.32 Å². The average molecular weight is 240 g/mol. The zero-order valence-electron chi connectivity index (χ0n) is 10.3. The Morgan fingerprint density at radius 2 is 1.94 bits per heavy atom. The standard InChI is InChI=1S/C12H20N2O3/c1-5-7-10(11(15)16)13-12(17)14(8-6-2)9(3)4/h5-6,9-10H,1-2,7-8H2,3-4H3,(H,13,17)(H,15,16). The minimum Gasteiger partial charge on any atom is -0.480 e. The Hall–Kier alpha value is -1.78. The quantitative estimate of drug-likeness (QED) is 0.664. The summed E-state index contributed by atoms with van der Waals surface area (Å²) in [5.74, 6) is -1.07. The molecule has 0 aliphatic heterocycles.